The minimum Gasteiger partial charge on any atom is -0.478 e. The quantitative estimate of drug-likeness (QED) is 0.842. The number of rotatable bonds is 3. The summed E-state index contributed by atoms with van der Waals surface area (Å²) in [7, 11) is 0. The maximum atomic E-state index is 10.7. The van der Waals surface area contributed by atoms with E-state index in [1.54, 1.807) is 35.1 Å². The third-order valence-corrected chi connectivity index (χ3v) is 2.34. The van der Waals surface area contributed by atoms with Crippen molar-refractivity contribution in [3.05, 3.63) is 47.3 Å². The van der Waals surface area contributed by atoms with E-state index in [4.69, 9.17) is 5.11 Å². The number of hydrogen-bond donors (Lipinski definition) is 1. The fourth-order valence-corrected chi connectivity index (χ4v) is 1.39. The van der Waals surface area contributed by atoms with E-state index < -0.39 is 5.97 Å². The van der Waals surface area contributed by atoms with Gasteiger partial charge in [0.05, 0.1) is 24.0 Å². The second-order valence-electron chi connectivity index (χ2n) is 3.54. The number of aryl methyl sites for hydroxylation is 1. The van der Waals surface area contributed by atoms with Gasteiger partial charge in [-0.1, -0.05) is 17.3 Å². The van der Waals surface area contributed by atoms with Crippen molar-refractivity contribution in [1.82, 2.24) is 15.0 Å². The van der Waals surface area contributed by atoms with Gasteiger partial charge in [0.25, 0.3) is 0 Å². The number of carbonyl (C=O) groups is 1. The van der Waals surface area contributed by atoms with Gasteiger partial charge in [0.2, 0.25) is 0 Å². The zero-order valence-corrected chi connectivity index (χ0v) is 8.79. The smallest absolute Gasteiger partial charge is 0.335 e. The molecule has 1 aromatic carbocycles. The van der Waals surface area contributed by atoms with Crippen LogP contribution in [0.5, 0.6) is 0 Å². The van der Waals surface area contributed by atoms with E-state index in [-0.39, 0.29) is 0 Å². The molecule has 5 heteroatoms. The van der Waals surface area contributed by atoms with E-state index in [2.05, 4.69) is 10.3 Å². The van der Waals surface area contributed by atoms with Gasteiger partial charge >= 0.3 is 5.97 Å². The summed E-state index contributed by atoms with van der Waals surface area (Å²) in [5, 5.41) is 16.5. The SMILES string of the molecule is Cc1cnnn1Cc1ccc(C(=O)O)cc1. The predicted molar refractivity (Wildman–Crippen MR) is 57.3 cm³/mol. The van der Waals surface area contributed by atoms with E-state index in [0.717, 1.165) is 11.3 Å². The molecule has 82 valence electrons. The summed E-state index contributed by atoms with van der Waals surface area (Å²) in [6, 6.07) is 6.74. The highest BCUT2D eigenvalue weighted by molar-refractivity contribution is 5.87. The standard InChI is InChI=1S/C11H11N3O2/c1-8-6-12-13-14(8)7-9-2-4-10(5-3-9)11(15)16/h2-6H,7H2,1H3,(H,15,16). The Bertz CT molecular complexity index is 502. The van der Waals surface area contributed by atoms with Crippen molar-refractivity contribution in [3.63, 3.8) is 0 Å². The maximum Gasteiger partial charge on any atom is 0.335 e. The summed E-state index contributed by atoms with van der Waals surface area (Å²) >= 11 is 0. The van der Waals surface area contributed by atoms with Gasteiger partial charge in [0, 0.05) is 0 Å². The number of benzene rings is 1. The lowest BCUT2D eigenvalue weighted by atomic mass is 10.1. The first kappa shape index (κ1) is 10.4. The highest BCUT2D eigenvalue weighted by atomic mass is 16.4. The lowest BCUT2D eigenvalue weighted by molar-refractivity contribution is 0.0697. The molecule has 0 aliphatic rings. The number of hydrogen-bond acceptors (Lipinski definition) is 3. The summed E-state index contributed by atoms with van der Waals surface area (Å²) in [6.45, 7) is 2.53. The van der Waals surface area contributed by atoms with Crippen molar-refractivity contribution >= 4 is 5.97 Å². The number of nitrogens with zero attached hydrogens (tertiary/aromatic N) is 3. The lowest BCUT2D eigenvalue weighted by Crippen LogP contribution is -2.04. The molecule has 0 atom stereocenters. The van der Waals surface area contributed by atoms with Crippen LogP contribution in [0.4, 0.5) is 0 Å². The van der Waals surface area contributed by atoms with Gasteiger partial charge in [-0.05, 0) is 24.6 Å². The van der Waals surface area contributed by atoms with Crippen molar-refractivity contribution in [2.45, 2.75) is 13.5 Å². The molecule has 2 aromatic rings. The highest BCUT2D eigenvalue weighted by Gasteiger charge is 2.03. The third-order valence-electron chi connectivity index (χ3n) is 2.34. The van der Waals surface area contributed by atoms with Crippen LogP contribution in [0.25, 0.3) is 0 Å². The van der Waals surface area contributed by atoms with Crippen LogP contribution in [0.15, 0.2) is 30.5 Å². The van der Waals surface area contributed by atoms with Gasteiger partial charge in [-0.3, -0.25) is 0 Å². The molecule has 0 unspecified atom stereocenters. The van der Waals surface area contributed by atoms with Gasteiger partial charge in [0.1, 0.15) is 0 Å². The molecule has 0 radical (unpaired) electrons. The molecule has 0 aliphatic carbocycles. The number of carboxylic acids is 1. The lowest BCUT2D eigenvalue weighted by Gasteiger charge is -2.03. The molecule has 0 spiro atoms. The first-order chi connectivity index (χ1) is 7.66. The van der Waals surface area contributed by atoms with E-state index in [9.17, 15) is 4.79 Å². The predicted octanol–water partition coefficient (Wildman–Crippen LogP) is 1.33. The molecule has 0 bridgehead atoms. The van der Waals surface area contributed by atoms with Crippen LogP contribution in [0.1, 0.15) is 21.6 Å². The second-order valence-corrected chi connectivity index (χ2v) is 3.54. The monoisotopic (exact) mass is 217 g/mol. The van der Waals surface area contributed by atoms with Crippen LogP contribution in [0.2, 0.25) is 0 Å². The van der Waals surface area contributed by atoms with E-state index in [0.29, 0.717) is 12.1 Å². The maximum absolute atomic E-state index is 10.7. The Morgan fingerprint density at radius 1 is 1.38 bits per heavy atom. The van der Waals surface area contributed by atoms with Crippen LogP contribution in [0.3, 0.4) is 0 Å². The summed E-state index contributed by atoms with van der Waals surface area (Å²) in [6.07, 6.45) is 1.69. The van der Waals surface area contributed by atoms with Gasteiger partial charge in [-0.2, -0.15) is 0 Å². The zero-order chi connectivity index (χ0) is 11.5. The number of aromatic nitrogens is 3. The number of carboxylic acid groups (broad SMARTS) is 1. The minimum atomic E-state index is -0.913. The number of aromatic carboxylic acids is 1. The van der Waals surface area contributed by atoms with Gasteiger partial charge < -0.3 is 5.11 Å². The molecule has 16 heavy (non-hydrogen) atoms. The van der Waals surface area contributed by atoms with Crippen molar-refractivity contribution < 1.29 is 9.90 Å². The Labute approximate surface area is 92.3 Å². The van der Waals surface area contributed by atoms with Crippen LogP contribution >= 0.6 is 0 Å². The fourth-order valence-electron chi connectivity index (χ4n) is 1.39. The van der Waals surface area contributed by atoms with Crippen molar-refractivity contribution in [3.8, 4) is 0 Å². The third kappa shape index (κ3) is 2.08. The molecule has 5 nitrogen and oxygen atoms in total. The van der Waals surface area contributed by atoms with Crippen LogP contribution < -0.4 is 0 Å². The molecule has 1 aromatic heterocycles. The molecule has 0 fully saturated rings. The van der Waals surface area contributed by atoms with E-state index in [1.165, 1.54) is 0 Å². The topological polar surface area (TPSA) is 68.0 Å². The molecule has 0 amide bonds. The molecular formula is C11H11N3O2. The Morgan fingerprint density at radius 2 is 2.06 bits per heavy atom. The van der Waals surface area contributed by atoms with E-state index >= 15 is 0 Å². The second kappa shape index (κ2) is 4.14. The molecule has 2 rings (SSSR count). The average Bonchev–Trinajstić information content (AvgIpc) is 2.65. The van der Waals surface area contributed by atoms with Crippen LogP contribution in [-0.2, 0) is 6.54 Å². The Hall–Kier alpha value is -2.17. The van der Waals surface area contributed by atoms with Crippen molar-refractivity contribution in [2.75, 3.05) is 0 Å². The van der Waals surface area contributed by atoms with Crippen LogP contribution in [-0.4, -0.2) is 26.1 Å². The fraction of sp³-hybridized carbons (Fsp3) is 0.182. The Kier molecular flexibility index (Phi) is 2.68. The Morgan fingerprint density at radius 3 is 2.56 bits per heavy atom. The normalized spacial score (nSPS) is 10.3. The molecule has 0 aliphatic heterocycles. The molecule has 1 N–H and O–H groups in total. The molecular weight excluding hydrogens is 206 g/mol. The van der Waals surface area contributed by atoms with Crippen LogP contribution in [0, 0.1) is 6.92 Å². The molecule has 0 saturated carbocycles. The van der Waals surface area contributed by atoms with Crippen molar-refractivity contribution in [1.29, 1.82) is 0 Å². The van der Waals surface area contributed by atoms with Crippen molar-refractivity contribution in [2.24, 2.45) is 0 Å². The first-order valence-electron chi connectivity index (χ1n) is 4.84. The summed E-state index contributed by atoms with van der Waals surface area (Å²) in [4.78, 5) is 10.7. The summed E-state index contributed by atoms with van der Waals surface area (Å²) < 4.78 is 1.76. The highest BCUT2D eigenvalue weighted by Crippen LogP contribution is 2.07. The molecule has 0 saturated heterocycles. The van der Waals surface area contributed by atoms with E-state index in [1.807, 2.05) is 6.92 Å². The average molecular weight is 217 g/mol. The summed E-state index contributed by atoms with van der Waals surface area (Å²) in [5.41, 5.74) is 2.26. The summed E-state index contributed by atoms with van der Waals surface area (Å²) in [5.74, 6) is -0.913. The Balaban J connectivity index is 2.17. The zero-order valence-electron chi connectivity index (χ0n) is 8.79. The minimum absolute atomic E-state index is 0.291. The van der Waals surface area contributed by atoms with Gasteiger partial charge in [0.15, 0.2) is 0 Å². The largest absolute Gasteiger partial charge is 0.478 e. The van der Waals surface area contributed by atoms with Gasteiger partial charge in [-0.15, -0.1) is 5.10 Å². The molecule has 1 heterocycles. The van der Waals surface area contributed by atoms with Gasteiger partial charge in [-0.25, -0.2) is 9.48 Å². The first-order valence-corrected chi connectivity index (χ1v) is 4.84.